The molecule has 1 unspecified atom stereocenters. The lowest BCUT2D eigenvalue weighted by Crippen LogP contribution is -2.34. The summed E-state index contributed by atoms with van der Waals surface area (Å²) >= 11 is 0. The number of ketones is 1. The van der Waals surface area contributed by atoms with Crippen LogP contribution in [0.1, 0.15) is 69.1 Å². The Morgan fingerprint density at radius 2 is 1.86 bits per heavy atom. The molecule has 0 bridgehead atoms. The third-order valence-corrected chi connectivity index (χ3v) is 6.40. The number of carbonyl (C=O) groups is 2. The smallest absolute Gasteiger partial charge is 0.290 e. The number of Topliss-reactive ketones (excluding diaryl/α,β-unsaturated/α-hetero) is 1. The van der Waals surface area contributed by atoms with Crippen LogP contribution in [-0.4, -0.2) is 66.0 Å². The first-order valence-electron chi connectivity index (χ1n) is 12.9. The fourth-order valence-electron chi connectivity index (χ4n) is 4.42. The Morgan fingerprint density at radius 3 is 2.50 bits per heavy atom. The number of carbonyl (C=O) groups excluding carboxylic acids is 2. The van der Waals surface area contributed by atoms with Crippen molar-refractivity contribution in [1.29, 1.82) is 0 Å². The Hall–Kier alpha value is -3.26. The number of nitrogens with zero attached hydrogens (tertiary/aromatic N) is 2. The van der Waals surface area contributed by atoms with Gasteiger partial charge in [-0.05, 0) is 69.2 Å². The van der Waals surface area contributed by atoms with Crippen LogP contribution in [0, 0.1) is 0 Å². The highest BCUT2D eigenvalue weighted by Gasteiger charge is 2.44. The molecule has 0 radical (unpaired) electrons. The van der Waals surface area contributed by atoms with Gasteiger partial charge in [-0.25, -0.2) is 0 Å². The molecule has 196 valence electrons. The SMILES string of the molecule is CCCCOc1ccc(C2C(C(=O)c3ccco3)=C(O)C(=O)N2CCCN(CC)CC)cc1OCC. The van der Waals surface area contributed by atoms with Crippen LogP contribution < -0.4 is 9.47 Å². The van der Waals surface area contributed by atoms with Gasteiger partial charge in [0.1, 0.15) is 0 Å². The molecule has 0 aliphatic carbocycles. The maximum Gasteiger partial charge on any atom is 0.290 e. The fraction of sp³-hybridized carbons (Fsp3) is 0.500. The Balaban J connectivity index is 1.98. The largest absolute Gasteiger partial charge is 0.503 e. The average molecular weight is 499 g/mol. The van der Waals surface area contributed by atoms with E-state index in [1.165, 1.54) is 12.3 Å². The molecule has 1 aliphatic rings. The Morgan fingerprint density at radius 1 is 1.08 bits per heavy atom. The van der Waals surface area contributed by atoms with Crippen molar-refractivity contribution in [2.24, 2.45) is 0 Å². The van der Waals surface area contributed by atoms with Crippen molar-refractivity contribution in [2.75, 3.05) is 39.4 Å². The quantitative estimate of drug-likeness (QED) is 0.268. The second kappa shape index (κ2) is 13.2. The van der Waals surface area contributed by atoms with E-state index in [9.17, 15) is 14.7 Å². The summed E-state index contributed by atoms with van der Waals surface area (Å²) in [5, 5.41) is 10.9. The van der Waals surface area contributed by atoms with Crippen LogP contribution in [-0.2, 0) is 4.79 Å². The molecule has 3 rings (SSSR count). The summed E-state index contributed by atoms with van der Waals surface area (Å²) in [6.07, 6.45) is 4.03. The molecule has 36 heavy (non-hydrogen) atoms. The van der Waals surface area contributed by atoms with Gasteiger partial charge in [0.05, 0.1) is 31.1 Å². The second-order valence-electron chi connectivity index (χ2n) is 8.69. The van der Waals surface area contributed by atoms with Crippen molar-refractivity contribution in [3.05, 3.63) is 59.3 Å². The number of hydrogen-bond donors (Lipinski definition) is 1. The lowest BCUT2D eigenvalue weighted by Gasteiger charge is -2.28. The number of aliphatic hydroxyl groups excluding tert-OH is 1. The predicted molar refractivity (Wildman–Crippen MR) is 138 cm³/mol. The number of rotatable bonds is 15. The molecule has 0 saturated heterocycles. The molecule has 2 aromatic rings. The van der Waals surface area contributed by atoms with E-state index in [0.717, 1.165) is 32.5 Å². The van der Waals surface area contributed by atoms with E-state index in [4.69, 9.17) is 13.9 Å². The Kier molecular flexibility index (Phi) is 9.99. The number of hydrogen-bond acceptors (Lipinski definition) is 7. The number of amides is 1. The van der Waals surface area contributed by atoms with Gasteiger partial charge < -0.3 is 28.8 Å². The minimum atomic E-state index is -0.768. The zero-order valence-corrected chi connectivity index (χ0v) is 21.8. The molecule has 1 atom stereocenters. The molecule has 2 heterocycles. The maximum atomic E-state index is 13.4. The first-order chi connectivity index (χ1) is 17.5. The molecule has 1 amide bonds. The highest BCUT2D eigenvalue weighted by molar-refractivity contribution is 6.15. The van der Waals surface area contributed by atoms with Gasteiger partial charge in [-0.3, -0.25) is 9.59 Å². The van der Waals surface area contributed by atoms with Crippen LogP contribution in [0.2, 0.25) is 0 Å². The monoisotopic (exact) mass is 498 g/mol. The predicted octanol–water partition coefficient (Wildman–Crippen LogP) is 5.17. The number of benzene rings is 1. The van der Waals surface area contributed by atoms with E-state index in [-0.39, 0.29) is 11.3 Å². The van der Waals surface area contributed by atoms with Crippen LogP contribution in [0.5, 0.6) is 11.5 Å². The summed E-state index contributed by atoms with van der Waals surface area (Å²) in [6, 6.07) is 7.80. The molecule has 0 fully saturated rings. The molecular formula is C28H38N2O6. The number of ether oxygens (including phenoxy) is 2. The van der Waals surface area contributed by atoms with Crippen LogP contribution >= 0.6 is 0 Å². The third-order valence-electron chi connectivity index (χ3n) is 6.40. The van der Waals surface area contributed by atoms with Gasteiger partial charge in [-0.2, -0.15) is 0 Å². The van der Waals surface area contributed by atoms with Crippen LogP contribution in [0.15, 0.2) is 52.3 Å². The Labute approximate surface area is 213 Å². The van der Waals surface area contributed by atoms with Gasteiger partial charge in [0.25, 0.3) is 5.91 Å². The highest BCUT2D eigenvalue weighted by atomic mass is 16.5. The molecule has 1 aliphatic heterocycles. The minimum absolute atomic E-state index is 0.0138. The lowest BCUT2D eigenvalue weighted by atomic mass is 9.94. The summed E-state index contributed by atoms with van der Waals surface area (Å²) in [5.41, 5.74) is 0.677. The van der Waals surface area contributed by atoms with Crippen molar-refractivity contribution in [3.8, 4) is 11.5 Å². The van der Waals surface area contributed by atoms with Crippen LogP contribution in [0.25, 0.3) is 0 Å². The topological polar surface area (TPSA) is 92.5 Å². The van der Waals surface area contributed by atoms with E-state index in [0.29, 0.717) is 43.2 Å². The molecule has 1 aromatic carbocycles. The van der Waals surface area contributed by atoms with E-state index in [2.05, 4.69) is 25.7 Å². The van der Waals surface area contributed by atoms with Gasteiger partial charge in [0, 0.05) is 6.54 Å². The second-order valence-corrected chi connectivity index (χ2v) is 8.69. The van der Waals surface area contributed by atoms with Gasteiger partial charge in [0.2, 0.25) is 5.78 Å². The third kappa shape index (κ3) is 6.10. The molecule has 1 aromatic heterocycles. The Bertz CT molecular complexity index is 1040. The van der Waals surface area contributed by atoms with Crippen molar-refractivity contribution in [3.63, 3.8) is 0 Å². The zero-order valence-electron chi connectivity index (χ0n) is 21.8. The normalized spacial score (nSPS) is 15.8. The van der Waals surface area contributed by atoms with Crippen LogP contribution in [0.3, 0.4) is 0 Å². The summed E-state index contributed by atoms with van der Waals surface area (Å²) in [4.78, 5) is 30.4. The first-order valence-corrected chi connectivity index (χ1v) is 12.9. The van der Waals surface area contributed by atoms with E-state index >= 15 is 0 Å². The van der Waals surface area contributed by atoms with Gasteiger partial charge in [0.15, 0.2) is 23.0 Å². The van der Waals surface area contributed by atoms with Crippen molar-refractivity contribution >= 4 is 11.7 Å². The zero-order chi connectivity index (χ0) is 26.1. The van der Waals surface area contributed by atoms with Crippen molar-refractivity contribution in [2.45, 2.75) is 53.0 Å². The minimum Gasteiger partial charge on any atom is -0.503 e. The average Bonchev–Trinajstić information content (AvgIpc) is 3.51. The summed E-state index contributed by atoms with van der Waals surface area (Å²) < 4.78 is 17.1. The molecule has 1 N–H and O–H groups in total. The number of furan rings is 1. The van der Waals surface area contributed by atoms with E-state index < -0.39 is 23.5 Å². The highest BCUT2D eigenvalue weighted by Crippen LogP contribution is 2.42. The molecule has 8 heteroatoms. The van der Waals surface area contributed by atoms with Crippen LogP contribution in [0.4, 0.5) is 0 Å². The number of unbranched alkanes of at least 4 members (excludes halogenated alkanes) is 1. The molecule has 8 nitrogen and oxygen atoms in total. The van der Waals surface area contributed by atoms with Gasteiger partial charge in [-0.15, -0.1) is 0 Å². The first kappa shape index (κ1) is 27.3. The fourth-order valence-corrected chi connectivity index (χ4v) is 4.42. The van der Waals surface area contributed by atoms with E-state index in [1.54, 1.807) is 23.1 Å². The van der Waals surface area contributed by atoms with Crippen molar-refractivity contribution in [1.82, 2.24) is 9.80 Å². The molecular weight excluding hydrogens is 460 g/mol. The summed E-state index contributed by atoms with van der Waals surface area (Å²) in [6.45, 7) is 12.2. The number of aliphatic hydroxyl groups is 1. The molecule has 0 saturated carbocycles. The molecule has 0 spiro atoms. The van der Waals surface area contributed by atoms with Gasteiger partial charge >= 0.3 is 0 Å². The summed E-state index contributed by atoms with van der Waals surface area (Å²) in [7, 11) is 0. The van der Waals surface area contributed by atoms with E-state index in [1.807, 2.05) is 13.0 Å². The van der Waals surface area contributed by atoms with Crippen molar-refractivity contribution < 1.29 is 28.6 Å². The standard InChI is InChI=1S/C28H38N2O6/c1-5-9-17-35-21-14-13-20(19-23(21)34-8-4)25-24(26(31)22-12-10-18-36-22)27(32)28(33)30(25)16-11-15-29(6-2)7-3/h10,12-14,18-19,25,32H,5-9,11,15-17H2,1-4H3. The lowest BCUT2D eigenvalue weighted by molar-refractivity contribution is -0.129. The maximum absolute atomic E-state index is 13.4. The van der Waals surface area contributed by atoms with Gasteiger partial charge in [-0.1, -0.05) is 33.3 Å². The summed E-state index contributed by atoms with van der Waals surface area (Å²) in [5.74, 6) is -0.384.